The molecule has 0 atom stereocenters. The lowest BCUT2D eigenvalue weighted by atomic mass is 9.85. The number of hydrogen-bond donors (Lipinski definition) is 2. The van der Waals surface area contributed by atoms with Gasteiger partial charge in [0, 0.05) is 10.9 Å². The molecule has 0 aliphatic rings. The maximum atomic E-state index is 13.1. The predicted octanol–water partition coefficient (Wildman–Crippen LogP) is 4.07. The quantitative estimate of drug-likeness (QED) is 0.825. The van der Waals surface area contributed by atoms with Crippen molar-refractivity contribution in [2.45, 2.75) is 26.7 Å². The Labute approximate surface area is 129 Å². The largest absolute Gasteiger partial charge is 0.481 e. The summed E-state index contributed by atoms with van der Waals surface area (Å²) in [7, 11) is 0. The molecule has 0 radical (unpaired) electrons. The summed E-state index contributed by atoms with van der Waals surface area (Å²) in [6.45, 7) is 3.37. The lowest BCUT2D eigenvalue weighted by Crippen LogP contribution is -2.25. The number of halogens is 3. The van der Waals surface area contributed by atoms with Gasteiger partial charge in [0.1, 0.15) is 5.82 Å². The fraction of sp³-hybridized carbons (Fsp3) is 0.385. The molecule has 1 aromatic carbocycles. The number of carbonyl (C=O) groups is 2. The van der Waals surface area contributed by atoms with Crippen LogP contribution in [0.2, 0.25) is 5.02 Å². The highest BCUT2D eigenvalue weighted by atomic mass is 79.9. The van der Waals surface area contributed by atoms with E-state index in [0.29, 0.717) is 4.47 Å². The highest BCUT2D eigenvalue weighted by Gasteiger charge is 2.25. The molecule has 0 aliphatic carbocycles. The molecule has 0 spiro atoms. The van der Waals surface area contributed by atoms with Crippen LogP contribution in [-0.2, 0) is 9.59 Å². The minimum absolute atomic E-state index is 0.0133. The molecular formula is C13H14BrClFNO3. The highest BCUT2D eigenvalue weighted by molar-refractivity contribution is 9.10. The van der Waals surface area contributed by atoms with Crippen LogP contribution in [0.15, 0.2) is 16.6 Å². The molecule has 0 saturated carbocycles. The van der Waals surface area contributed by atoms with E-state index in [2.05, 4.69) is 21.2 Å². The maximum absolute atomic E-state index is 13.1. The molecular weight excluding hydrogens is 353 g/mol. The highest BCUT2D eigenvalue weighted by Crippen LogP contribution is 2.33. The minimum Gasteiger partial charge on any atom is -0.481 e. The molecule has 4 nitrogen and oxygen atoms in total. The van der Waals surface area contributed by atoms with Crippen LogP contribution >= 0.6 is 27.5 Å². The molecule has 1 amide bonds. The second-order valence-electron chi connectivity index (χ2n) is 5.20. The van der Waals surface area contributed by atoms with Crippen LogP contribution < -0.4 is 5.32 Å². The van der Waals surface area contributed by atoms with Gasteiger partial charge in [-0.15, -0.1) is 0 Å². The number of amides is 1. The second kappa shape index (κ2) is 6.54. The lowest BCUT2D eigenvalue weighted by Gasteiger charge is -2.21. The van der Waals surface area contributed by atoms with Crippen molar-refractivity contribution < 1.29 is 19.1 Å². The molecule has 110 valence electrons. The SMILES string of the molecule is CC(C)(CC(=O)O)CC(=O)Nc1c(Cl)cc(F)cc1Br. The van der Waals surface area contributed by atoms with Gasteiger partial charge < -0.3 is 10.4 Å². The molecule has 0 fully saturated rings. The number of carbonyl (C=O) groups excluding carboxylic acids is 1. The van der Waals surface area contributed by atoms with Gasteiger partial charge in [-0.2, -0.15) is 0 Å². The first-order valence-corrected chi connectivity index (χ1v) is 6.94. The monoisotopic (exact) mass is 365 g/mol. The van der Waals surface area contributed by atoms with Crippen molar-refractivity contribution >= 4 is 45.1 Å². The Morgan fingerprint density at radius 2 is 2.00 bits per heavy atom. The van der Waals surface area contributed by atoms with Crippen LogP contribution in [0.5, 0.6) is 0 Å². The van der Waals surface area contributed by atoms with E-state index in [1.165, 1.54) is 6.07 Å². The van der Waals surface area contributed by atoms with Crippen molar-refractivity contribution in [2.24, 2.45) is 5.41 Å². The van der Waals surface area contributed by atoms with E-state index in [1.807, 2.05) is 0 Å². The van der Waals surface area contributed by atoms with E-state index < -0.39 is 17.2 Å². The van der Waals surface area contributed by atoms with Crippen molar-refractivity contribution in [1.82, 2.24) is 0 Å². The molecule has 0 bridgehead atoms. The number of benzene rings is 1. The Hall–Kier alpha value is -1.14. The Kier molecular flexibility index (Phi) is 5.53. The summed E-state index contributed by atoms with van der Waals surface area (Å²) in [4.78, 5) is 22.6. The minimum atomic E-state index is -0.969. The fourth-order valence-corrected chi connectivity index (χ4v) is 2.65. The molecule has 0 saturated heterocycles. The number of nitrogens with one attached hydrogen (secondary N) is 1. The summed E-state index contributed by atoms with van der Waals surface area (Å²) in [5.41, 5.74) is -0.418. The summed E-state index contributed by atoms with van der Waals surface area (Å²) in [6, 6.07) is 2.27. The number of aliphatic carboxylic acids is 1. The van der Waals surface area contributed by atoms with Gasteiger partial charge in [-0.25, -0.2) is 4.39 Å². The first kappa shape index (κ1) is 16.9. The second-order valence-corrected chi connectivity index (χ2v) is 6.47. The Morgan fingerprint density at radius 3 is 2.50 bits per heavy atom. The summed E-state index contributed by atoms with van der Waals surface area (Å²) in [6.07, 6.45) is -0.113. The average molecular weight is 367 g/mol. The van der Waals surface area contributed by atoms with Crippen molar-refractivity contribution in [1.29, 1.82) is 0 Å². The van der Waals surface area contributed by atoms with Crippen LogP contribution in [0, 0.1) is 11.2 Å². The molecule has 0 heterocycles. The van der Waals surface area contributed by atoms with Crippen molar-refractivity contribution in [3.05, 3.63) is 27.4 Å². The molecule has 0 aromatic heterocycles. The maximum Gasteiger partial charge on any atom is 0.303 e. The van der Waals surface area contributed by atoms with Crippen LogP contribution in [0.3, 0.4) is 0 Å². The summed E-state index contributed by atoms with van der Waals surface area (Å²) >= 11 is 8.97. The van der Waals surface area contributed by atoms with Gasteiger partial charge in [0.15, 0.2) is 0 Å². The third-order valence-electron chi connectivity index (χ3n) is 2.54. The van der Waals surface area contributed by atoms with Gasteiger partial charge in [0.25, 0.3) is 0 Å². The number of carboxylic acid groups (broad SMARTS) is 1. The normalized spacial score (nSPS) is 11.2. The zero-order valence-electron chi connectivity index (χ0n) is 11.0. The molecule has 1 rings (SSSR count). The average Bonchev–Trinajstić information content (AvgIpc) is 2.20. The predicted molar refractivity (Wildman–Crippen MR) is 78.4 cm³/mol. The van der Waals surface area contributed by atoms with Crippen LogP contribution in [0.4, 0.5) is 10.1 Å². The zero-order valence-corrected chi connectivity index (χ0v) is 13.3. The van der Waals surface area contributed by atoms with Gasteiger partial charge in [0.2, 0.25) is 5.91 Å². The molecule has 2 N–H and O–H groups in total. The fourth-order valence-electron chi connectivity index (χ4n) is 1.75. The number of rotatable bonds is 5. The third-order valence-corrected chi connectivity index (χ3v) is 3.46. The van der Waals surface area contributed by atoms with Crippen molar-refractivity contribution in [3.63, 3.8) is 0 Å². The Bertz CT molecular complexity index is 525. The smallest absolute Gasteiger partial charge is 0.303 e. The Morgan fingerprint density at radius 1 is 1.40 bits per heavy atom. The topological polar surface area (TPSA) is 66.4 Å². The van der Waals surface area contributed by atoms with Gasteiger partial charge in [-0.1, -0.05) is 25.4 Å². The summed E-state index contributed by atoms with van der Waals surface area (Å²) in [5.74, 6) is -1.87. The molecule has 1 aromatic rings. The molecule has 0 aliphatic heterocycles. The first-order chi connectivity index (χ1) is 9.10. The van der Waals surface area contributed by atoms with E-state index in [1.54, 1.807) is 13.8 Å². The van der Waals surface area contributed by atoms with Gasteiger partial charge in [-0.3, -0.25) is 9.59 Å². The van der Waals surface area contributed by atoms with E-state index in [-0.39, 0.29) is 29.5 Å². The number of carboxylic acids is 1. The van der Waals surface area contributed by atoms with E-state index >= 15 is 0 Å². The van der Waals surface area contributed by atoms with E-state index in [4.69, 9.17) is 16.7 Å². The van der Waals surface area contributed by atoms with E-state index in [9.17, 15) is 14.0 Å². The summed E-state index contributed by atoms with van der Waals surface area (Å²) < 4.78 is 13.4. The molecule has 0 unspecified atom stereocenters. The van der Waals surface area contributed by atoms with Gasteiger partial charge in [-0.05, 0) is 33.5 Å². The van der Waals surface area contributed by atoms with Gasteiger partial charge in [0.05, 0.1) is 17.1 Å². The lowest BCUT2D eigenvalue weighted by molar-refractivity contribution is -0.139. The standard InChI is InChI=1S/C13H14BrClFNO3/c1-13(2,6-11(19)20)5-10(18)17-12-8(14)3-7(16)4-9(12)15/h3-4H,5-6H2,1-2H3,(H,17,18)(H,19,20). The summed E-state index contributed by atoms with van der Waals surface area (Å²) in [5, 5.41) is 11.4. The number of anilines is 1. The third kappa shape index (κ3) is 5.09. The molecule has 7 heteroatoms. The Balaban J connectivity index is 2.79. The van der Waals surface area contributed by atoms with Crippen molar-refractivity contribution in [3.8, 4) is 0 Å². The van der Waals surface area contributed by atoms with Crippen LogP contribution in [0.1, 0.15) is 26.7 Å². The number of hydrogen-bond acceptors (Lipinski definition) is 2. The van der Waals surface area contributed by atoms with Crippen LogP contribution in [-0.4, -0.2) is 17.0 Å². The van der Waals surface area contributed by atoms with Crippen molar-refractivity contribution in [2.75, 3.05) is 5.32 Å². The molecule has 20 heavy (non-hydrogen) atoms. The van der Waals surface area contributed by atoms with E-state index in [0.717, 1.165) is 6.07 Å². The van der Waals surface area contributed by atoms with Crippen LogP contribution in [0.25, 0.3) is 0 Å². The zero-order chi connectivity index (χ0) is 15.5. The first-order valence-electron chi connectivity index (χ1n) is 5.77. The van der Waals surface area contributed by atoms with Gasteiger partial charge >= 0.3 is 5.97 Å².